The van der Waals surface area contributed by atoms with Crippen molar-refractivity contribution in [1.29, 1.82) is 0 Å². The molecule has 0 N–H and O–H groups in total. The van der Waals surface area contributed by atoms with E-state index >= 15 is 0 Å². The van der Waals surface area contributed by atoms with Gasteiger partial charge in [-0.3, -0.25) is 0 Å². The summed E-state index contributed by atoms with van der Waals surface area (Å²) in [6.07, 6.45) is 18.7. The van der Waals surface area contributed by atoms with Crippen molar-refractivity contribution >= 4 is 49.7 Å². The third-order valence-electron chi connectivity index (χ3n) is 9.86. The van der Waals surface area contributed by atoms with Gasteiger partial charge in [0.05, 0.1) is 17.1 Å². The Morgan fingerprint density at radius 2 is 1.33 bits per heavy atom. The largest absolute Gasteiger partial charge is 0.455 e. The van der Waals surface area contributed by atoms with Crippen molar-refractivity contribution < 1.29 is 4.42 Å². The van der Waals surface area contributed by atoms with E-state index in [4.69, 9.17) is 4.42 Å². The molecule has 2 nitrogen and oxygen atoms in total. The molecule has 2 aliphatic rings. The summed E-state index contributed by atoms with van der Waals surface area (Å²) in [6, 6.07) is 46.4. The first-order valence-corrected chi connectivity index (χ1v) is 16.9. The SMILES string of the molecule is C1=CCCC(c2ccc(-c3ccc(N(c4cccc5oc6c7ccccc7c(-c7ccccc7)cc6c45)C4C=CC=CC4)cc3)cc2)=C1. The number of hydrogen-bond donors (Lipinski definition) is 0. The summed E-state index contributed by atoms with van der Waals surface area (Å²) < 4.78 is 6.73. The number of anilines is 2. The van der Waals surface area contributed by atoms with Gasteiger partial charge in [-0.25, -0.2) is 0 Å². The molecule has 1 aromatic heterocycles. The van der Waals surface area contributed by atoms with Crippen LogP contribution in [-0.4, -0.2) is 6.04 Å². The molecule has 48 heavy (non-hydrogen) atoms. The van der Waals surface area contributed by atoms with Gasteiger partial charge in [-0.1, -0.05) is 140 Å². The van der Waals surface area contributed by atoms with Crippen LogP contribution < -0.4 is 4.90 Å². The fraction of sp³-hybridized carbons (Fsp3) is 0.0870. The minimum absolute atomic E-state index is 0.169. The third kappa shape index (κ3) is 4.98. The molecule has 9 rings (SSSR count). The highest BCUT2D eigenvalue weighted by molar-refractivity contribution is 6.22. The minimum atomic E-state index is 0.169. The highest BCUT2D eigenvalue weighted by Crippen LogP contribution is 2.45. The van der Waals surface area contributed by atoms with E-state index in [9.17, 15) is 0 Å². The highest BCUT2D eigenvalue weighted by Gasteiger charge is 2.24. The van der Waals surface area contributed by atoms with Crippen molar-refractivity contribution in [1.82, 2.24) is 0 Å². The van der Waals surface area contributed by atoms with Crippen LogP contribution in [0.25, 0.3) is 60.5 Å². The molecule has 2 heteroatoms. The van der Waals surface area contributed by atoms with Crippen molar-refractivity contribution in [3.63, 3.8) is 0 Å². The van der Waals surface area contributed by atoms with Crippen molar-refractivity contribution in [2.45, 2.75) is 25.3 Å². The lowest BCUT2D eigenvalue weighted by Gasteiger charge is -2.33. The number of hydrogen-bond acceptors (Lipinski definition) is 2. The Hall–Kier alpha value is -5.86. The zero-order valence-corrected chi connectivity index (χ0v) is 26.7. The summed E-state index contributed by atoms with van der Waals surface area (Å²) in [7, 11) is 0. The lowest BCUT2D eigenvalue weighted by Crippen LogP contribution is -2.29. The van der Waals surface area contributed by atoms with Crippen LogP contribution >= 0.6 is 0 Å². The van der Waals surface area contributed by atoms with Crippen LogP contribution in [0.15, 0.2) is 174 Å². The summed E-state index contributed by atoms with van der Waals surface area (Å²) in [5.74, 6) is 0. The maximum atomic E-state index is 6.73. The minimum Gasteiger partial charge on any atom is -0.455 e. The number of rotatable bonds is 6. The van der Waals surface area contributed by atoms with Gasteiger partial charge in [0.15, 0.2) is 0 Å². The number of benzene rings is 6. The molecule has 1 heterocycles. The van der Waals surface area contributed by atoms with Crippen LogP contribution in [0.5, 0.6) is 0 Å². The molecule has 0 bridgehead atoms. The Bertz CT molecular complexity index is 2400. The van der Waals surface area contributed by atoms with Crippen LogP contribution in [-0.2, 0) is 0 Å². The second kappa shape index (κ2) is 12.1. The molecule has 0 saturated carbocycles. The third-order valence-corrected chi connectivity index (χ3v) is 9.86. The summed E-state index contributed by atoms with van der Waals surface area (Å²) in [4.78, 5) is 2.49. The molecular weight excluding hydrogens is 583 g/mol. The predicted octanol–water partition coefficient (Wildman–Crippen LogP) is 12.8. The van der Waals surface area contributed by atoms with Crippen LogP contribution in [0.3, 0.4) is 0 Å². The first-order valence-electron chi connectivity index (χ1n) is 16.9. The Kier molecular flexibility index (Phi) is 7.13. The normalized spacial score (nSPS) is 15.8. The van der Waals surface area contributed by atoms with Crippen molar-refractivity contribution in [2.24, 2.45) is 0 Å². The molecule has 1 unspecified atom stereocenters. The average molecular weight is 618 g/mol. The lowest BCUT2D eigenvalue weighted by atomic mass is 9.94. The number of fused-ring (bicyclic) bond motifs is 5. The maximum absolute atomic E-state index is 6.73. The van der Waals surface area contributed by atoms with Crippen molar-refractivity contribution in [3.8, 4) is 22.3 Å². The lowest BCUT2D eigenvalue weighted by molar-refractivity contribution is 0.672. The molecule has 2 aliphatic carbocycles. The number of nitrogens with zero attached hydrogens (tertiary/aromatic N) is 1. The topological polar surface area (TPSA) is 16.4 Å². The van der Waals surface area contributed by atoms with E-state index in [-0.39, 0.29) is 6.04 Å². The van der Waals surface area contributed by atoms with E-state index < -0.39 is 0 Å². The summed E-state index contributed by atoms with van der Waals surface area (Å²) in [5, 5.41) is 4.61. The second-order valence-corrected chi connectivity index (χ2v) is 12.7. The molecule has 0 radical (unpaired) electrons. The Morgan fingerprint density at radius 1 is 0.583 bits per heavy atom. The fourth-order valence-electron chi connectivity index (χ4n) is 7.49. The van der Waals surface area contributed by atoms with E-state index in [1.54, 1.807) is 0 Å². The molecule has 0 spiro atoms. The molecule has 1 atom stereocenters. The maximum Gasteiger partial charge on any atom is 0.143 e. The van der Waals surface area contributed by atoms with Gasteiger partial charge in [0.1, 0.15) is 11.2 Å². The second-order valence-electron chi connectivity index (χ2n) is 12.7. The van der Waals surface area contributed by atoms with Crippen molar-refractivity contribution in [3.05, 3.63) is 175 Å². The zero-order chi connectivity index (χ0) is 31.9. The molecular formula is C46H35NO. The Morgan fingerprint density at radius 3 is 2.08 bits per heavy atom. The van der Waals surface area contributed by atoms with E-state index in [2.05, 4.69) is 175 Å². The van der Waals surface area contributed by atoms with E-state index in [1.165, 1.54) is 38.8 Å². The van der Waals surface area contributed by atoms with Gasteiger partial charge in [0.25, 0.3) is 0 Å². The monoisotopic (exact) mass is 617 g/mol. The van der Waals surface area contributed by atoms with Crippen LogP contribution in [0.2, 0.25) is 0 Å². The molecule has 0 fully saturated rings. The zero-order valence-electron chi connectivity index (χ0n) is 26.7. The first kappa shape index (κ1) is 28.4. The quantitative estimate of drug-likeness (QED) is 0.185. The molecule has 7 aromatic rings. The van der Waals surface area contributed by atoms with Crippen LogP contribution in [0, 0.1) is 0 Å². The fourth-order valence-corrected chi connectivity index (χ4v) is 7.49. The molecule has 6 aromatic carbocycles. The van der Waals surface area contributed by atoms with Gasteiger partial charge in [-0.15, -0.1) is 0 Å². The Balaban J connectivity index is 1.18. The van der Waals surface area contributed by atoms with E-state index in [1.807, 2.05) is 0 Å². The summed E-state index contributed by atoms with van der Waals surface area (Å²) in [6.45, 7) is 0. The van der Waals surface area contributed by atoms with Gasteiger partial charge in [0, 0.05) is 16.5 Å². The standard InChI is InChI=1S/C46H35NO/c1-4-13-32(14-5-1)33-23-25-34(26-24-33)35-27-29-38(30-28-35)47(37-17-8-3-9-18-37)43-21-12-22-44-45(43)42-31-41(36-15-6-2-7-16-36)39-19-10-11-20-40(39)46(42)48-44/h1-4,6-13,15-17,19-31,37H,5,14,18H2. The van der Waals surface area contributed by atoms with E-state index in [0.29, 0.717) is 0 Å². The predicted molar refractivity (Wildman–Crippen MR) is 204 cm³/mol. The van der Waals surface area contributed by atoms with Crippen LogP contribution in [0.4, 0.5) is 11.4 Å². The van der Waals surface area contributed by atoms with E-state index in [0.717, 1.165) is 58.0 Å². The number of furan rings is 1. The van der Waals surface area contributed by atoms with Gasteiger partial charge < -0.3 is 9.32 Å². The Labute approximate surface area is 281 Å². The van der Waals surface area contributed by atoms with Crippen LogP contribution in [0.1, 0.15) is 24.8 Å². The molecule has 0 amide bonds. The highest BCUT2D eigenvalue weighted by atomic mass is 16.3. The molecule has 230 valence electrons. The summed E-state index contributed by atoms with van der Waals surface area (Å²) in [5.41, 5.74) is 11.7. The molecule has 0 aliphatic heterocycles. The smallest absolute Gasteiger partial charge is 0.143 e. The average Bonchev–Trinajstić information content (AvgIpc) is 3.56. The molecule has 0 saturated heterocycles. The van der Waals surface area contributed by atoms with Crippen molar-refractivity contribution in [2.75, 3.05) is 4.90 Å². The first-order chi connectivity index (χ1) is 23.8. The van der Waals surface area contributed by atoms with Gasteiger partial charge in [-0.05, 0) is 88.4 Å². The van der Waals surface area contributed by atoms with Gasteiger partial charge in [0.2, 0.25) is 0 Å². The van der Waals surface area contributed by atoms with Gasteiger partial charge >= 0.3 is 0 Å². The summed E-state index contributed by atoms with van der Waals surface area (Å²) >= 11 is 0. The number of allylic oxidation sites excluding steroid dienone is 6. The van der Waals surface area contributed by atoms with Gasteiger partial charge in [-0.2, -0.15) is 0 Å².